The maximum Gasteiger partial charge on any atom is 0.143 e. The van der Waals surface area contributed by atoms with Crippen LogP contribution in [0.15, 0.2) is 108 Å². The Bertz CT molecular complexity index is 1830. The van der Waals surface area contributed by atoms with Gasteiger partial charge in [0.2, 0.25) is 0 Å². The number of benzene rings is 5. The van der Waals surface area contributed by atoms with Gasteiger partial charge in [-0.05, 0) is 17.2 Å². The average Bonchev–Trinajstić information content (AvgIpc) is 3.43. The highest BCUT2D eigenvalue weighted by atomic mass is 32.1. The van der Waals surface area contributed by atoms with E-state index in [9.17, 15) is 0 Å². The van der Waals surface area contributed by atoms with Gasteiger partial charge in [-0.25, -0.2) is 0 Å². The Morgan fingerprint density at radius 3 is 1.97 bits per heavy atom. The van der Waals surface area contributed by atoms with E-state index in [2.05, 4.69) is 84.9 Å². The van der Waals surface area contributed by atoms with Crippen molar-refractivity contribution in [1.82, 2.24) is 0 Å². The standard InChI is InChI=1S/C30H17BOS/c31-25-16-7-17-26-27(25)24-15-5-11-20(28(24)32-26)21-12-6-14-23-22-13-4-10-19(29(22)33-30(21)23)18-8-2-1-3-9-18/h1-17H. The molecular weight excluding hydrogens is 419 g/mol. The molecule has 3 heteroatoms. The lowest BCUT2D eigenvalue weighted by molar-refractivity contribution is 0.670. The van der Waals surface area contributed by atoms with Gasteiger partial charge in [-0.2, -0.15) is 0 Å². The Morgan fingerprint density at radius 2 is 1.18 bits per heavy atom. The van der Waals surface area contributed by atoms with Crippen LogP contribution in [0.3, 0.4) is 0 Å². The molecule has 0 fully saturated rings. The smallest absolute Gasteiger partial charge is 0.143 e. The van der Waals surface area contributed by atoms with Crippen LogP contribution in [0.5, 0.6) is 0 Å². The lowest BCUT2D eigenvalue weighted by atomic mass is 9.90. The monoisotopic (exact) mass is 436 g/mol. The van der Waals surface area contributed by atoms with Crippen LogP contribution in [0, 0.1) is 0 Å². The Labute approximate surface area is 196 Å². The molecule has 0 amide bonds. The van der Waals surface area contributed by atoms with Gasteiger partial charge in [0.1, 0.15) is 19.0 Å². The van der Waals surface area contributed by atoms with Crippen molar-refractivity contribution in [3.05, 3.63) is 103 Å². The molecular formula is C30H17BOS. The van der Waals surface area contributed by atoms with Gasteiger partial charge < -0.3 is 4.42 Å². The number of fused-ring (bicyclic) bond motifs is 6. The molecule has 33 heavy (non-hydrogen) atoms. The number of hydrogen-bond acceptors (Lipinski definition) is 2. The van der Waals surface area contributed by atoms with Crippen LogP contribution in [-0.2, 0) is 0 Å². The van der Waals surface area contributed by atoms with E-state index < -0.39 is 0 Å². The zero-order chi connectivity index (χ0) is 21.9. The Morgan fingerprint density at radius 1 is 0.545 bits per heavy atom. The van der Waals surface area contributed by atoms with Crippen LogP contribution in [0.25, 0.3) is 64.4 Å². The third-order valence-electron chi connectivity index (χ3n) is 6.45. The highest BCUT2D eigenvalue weighted by molar-refractivity contribution is 7.26. The van der Waals surface area contributed by atoms with Gasteiger partial charge in [-0.1, -0.05) is 103 Å². The minimum atomic E-state index is 0.746. The zero-order valence-electron chi connectivity index (χ0n) is 17.7. The summed E-state index contributed by atoms with van der Waals surface area (Å²) in [4.78, 5) is 0. The molecule has 0 aliphatic heterocycles. The molecule has 0 spiro atoms. The summed E-state index contributed by atoms with van der Waals surface area (Å²) < 4.78 is 8.95. The SMILES string of the molecule is [B]c1cccc2oc3c(-c4cccc5c4sc4c(-c6ccccc6)cccc45)cccc3c12. The fourth-order valence-electron chi connectivity index (χ4n) is 4.96. The molecule has 0 atom stereocenters. The van der Waals surface area contributed by atoms with Crippen LogP contribution >= 0.6 is 11.3 Å². The quantitative estimate of drug-likeness (QED) is 0.250. The van der Waals surface area contributed by atoms with Crippen LogP contribution in [-0.4, -0.2) is 7.85 Å². The molecule has 2 radical (unpaired) electrons. The van der Waals surface area contributed by atoms with Gasteiger partial charge in [0, 0.05) is 42.1 Å². The molecule has 0 bridgehead atoms. The molecule has 0 aliphatic carbocycles. The van der Waals surface area contributed by atoms with Crippen molar-refractivity contribution in [2.24, 2.45) is 0 Å². The largest absolute Gasteiger partial charge is 0.455 e. The van der Waals surface area contributed by atoms with E-state index in [-0.39, 0.29) is 0 Å². The van der Waals surface area contributed by atoms with E-state index in [0.717, 1.165) is 33.0 Å². The summed E-state index contributed by atoms with van der Waals surface area (Å²) in [6.45, 7) is 0. The minimum absolute atomic E-state index is 0.746. The summed E-state index contributed by atoms with van der Waals surface area (Å²) in [5, 5.41) is 4.62. The third-order valence-corrected chi connectivity index (χ3v) is 7.74. The molecule has 7 rings (SSSR count). The molecule has 2 heterocycles. The van der Waals surface area contributed by atoms with Crippen molar-refractivity contribution < 1.29 is 4.42 Å². The first-order valence-corrected chi connectivity index (χ1v) is 11.8. The molecule has 7 aromatic rings. The molecule has 0 unspecified atom stereocenters. The zero-order valence-corrected chi connectivity index (χ0v) is 18.5. The highest BCUT2D eigenvalue weighted by Gasteiger charge is 2.17. The van der Waals surface area contributed by atoms with Crippen molar-refractivity contribution in [3.8, 4) is 22.3 Å². The fraction of sp³-hybridized carbons (Fsp3) is 0. The third kappa shape index (κ3) is 2.73. The second-order valence-corrected chi connectivity index (χ2v) is 9.36. The second-order valence-electron chi connectivity index (χ2n) is 8.34. The predicted molar refractivity (Wildman–Crippen MR) is 143 cm³/mol. The van der Waals surface area contributed by atoms with Crippen molar-refractivity contribution in [2.75, 3.05) is 0 Å². The van der Waals surface area contributed by atoms with Crippen LogP contribution in [0.4, 0.5) is 0 Å². The van der Waals surface area contributed by atoms with Crippen LogP contribution < -0.4 is 5.46 Å². The molecule has 0 N–H and O–H groups in total. The summed E-state index contributed by atoms with van der Waals surface area (Å²) in [5.74, 6) is 0. The molecule has 5 aromatic carbocycles. The highest BCUT2D eigenvalue weighted by Crippen LogP contribution is 2.45. The molecule has 0 aliphatic rings. The topological polar surface area (TPSA) is 13.1 Å². The molecule has 1 nitrogen and oxygen atoms in total. The fourth-order valence-corrected chi connectivity index (χ4v) is 6.33. The van der Waals surface area contributed by atoms with Crippen molar-refractivity contribution in [2.45, 2.75) is 0 Å². The minimum Gasteiger partial charge on any atom is -0.455 e. The van der Waals surface area contributed by atoms with Gasteiger partial charge >= 0.3 is 0 Å². The normalized spacial score (nSPS) is 11.8. The molecule has 0 saturated carbocycles. The summed E-state index contributed by atoms with van der Waals surface area (Å²) in [5.41, 5.74) is 7.26. The number of para-hydroxylation sites is 1. The van der Waals surface area contributed by atoms with E-state index in [4.69, 9.17) is 12.3 Å². The number of rotatable bonds is 2. The lowest BCUT2D eigenvalue weighted by Gasteiger charge is -2.04. The molecule has 2 aromatic heterocycles. The van der Waals surface area contributed by atoms with Crippen molar-refractivity contribution in [3.63, 3.8) is 0 Å². The Hall–Kier alpha value is -3.82. The van der Waals surface area contributed by atoms with Crippen LogP contribution in [0.2, 0.25) is 0 Å². The predicted octanol–water partition coefficient (Wildman–Crippen LogP) is 8.08. The van der Waals surface area contributed by atoms with Gasteiger partial charge in [-0.15, -0.1) is 11.3 Å². The summed E-state index contributed by atoms with van der Waals surface area (Å²) in [6.07, 6.45) is 0. The van der Waals surface area contributed by atoms with Gasteiger partial charge in [0.05, 0.1) is 0 Å². The first kappa shape index (κ1) is 18.7. The maximum atomic E-state index is 6.36. The number of furan rings is 1. The van der Waals surface area contributed by atoms with E-state index in [1.807, 2.05) is 29.5 Å². The number of hydrogen-bond donors (Lipinski definition) is 0. The average molecular weight is 436 g/mol. The van der Waals surface area contributed by atoms with Gasteiger partial charge in [0.25, 0.3) is 0 Å². The summed E-state index contributed by atoms with van der Waals surface area (Å²) in [7, 11) is 6.31. The van der Waals surface area contributed by atoms with Gasteiger partial charge in [0.15, 0.2) is 0 Å². The molecule has 0 saturated heterocycles. The first-order valence-electron chi connectivity index (χ1n) is 11.0. The maximum absolute atomic E-state index is 6.36. The van der Waals surface area contributed by atoms with E-state index in [0.29, 0.717) is 0 Å². The van der Waals surface area contributed by atoms with Crippen molar-refractivity contribution in [1.29, 1.82) is 0 Å². The van der Waals surface area contributed by atoms with E-state index in [1.165, 1.54) is 36.9 Å². The number of thiophene rings is 1. The Balaban J connectivity index is 1.56. The lowest BCUT2D eigenvalue weighted by Crippen LogP contribution is -2.01. The van der Waals surface area contributed by atoms with E-state index >= 15 is 0 Å². The Kier molecular flexibility index (Phi) is 4.03. The van der Waals surface area contributed by atoms with Crippen molar-refractivity contribution >= 4 is 66.8 Å². The second kappa shape index (κ2) is 7.09. The first-order chi connectivity index (χ1) is 16.3. The van der Waals surface area contributed by atoms with Gasteiger partial charge in [-0.3, -0.25) is 0 Å². The van der Waals surface area contributed by atoms with Crippen LogP contribution in [0.1, 0.15) is 0 Å². The van der Waals surface area contributed by atoms with E-state index in [1.54, 1.807) is 0 Å². The molecule has 152 valence electrons. The summed E-state index contributed by atoms with van der Waals surface area (Å²) in [6, 6.07) is 36.0. The summed E-state index contributed by atoms with van der Waals surface area (Å²) >= 11 is 1.86.